The van der Waals surface area contributed by atoms with Gasteiger partial charge in [0.05, 0.1) is 21.0 Å². The van der Waals surface area contributed by atoms with Crippen molar-refractivity contribution in [3.8, 4) is 22.6 Å². The van der Waals surface area contributed by atoms with E-state index in [1.54, 1.807) is 54.7 Å². The van der Waals surface area contributed by atoms with E-state index in [1.807, 2.05) is 12.1 Å². The molecular weight excluding hydrogens is 407 g/mol. The van der Waals surface area contributed by atoms with E-state index >= 15 is 0 Å². The van der Waals surface area contributed by atoms with Crippen LogP contribution in [0.3, 0.4) is 0 Å². The summed E-state index contributed by atoms with van der Waals surface area (Å²) in [4.78, 5) is 14.5. The molecule has 8 heteroatoms. The number of aromatic nitrogens is 3. The van der Waals surface area contributed by atoms with Crippen LogP contribution in [-0.4, -0.2) is 34.4 Å². The van der Waals surface area contributed by atoms with Gasteiger partial charge in [-0.25, -0.2) is 14.4 Å². The van der Waals surface area contributed by atoms with Gasteiger partial charge >= 0.3 is 0 Å². The molecule has 0 aliphatic heterocycles. The third-order valence-corrected chi connectivity index (χ3v) is 6.79. The zero-order valence-electron chi connectivity index (χ0n) is 15.8. The zero-order valence-corrected chi connectivity index (χ0v) is 17.4. The van der Waals surface area contributed by atoms with Crippen LogP contribution in [-0.2, 0) is 4.74 Å². The van der Waals surface area contributed by atoms with Crippen molar-refractivity contribution < 1.29 is 9.13 Å². The predicted octanol–water partition coefficient (Wildman–Crippen LogP) is 5.27. The molecule has 3 aromatic heterocycles. The Hall–Kier alpha value is -2.55. The van der Waals surface area contributed by atoms with E-state index in [1.165, 1.54) is 12.1 Å². The van der Waals surface area contributed by atoms with Crippen molar-refractivity contribution >= 4 is 39.0 Å². The second kappa shape index (κ2) is 8.86. The number of thioether (sulfide) groups is 1. The number of nitrogens with zero attached hydrogens (tertiary/aromatic N) is 3. The number of ether oxygens (including phenoxy) is 1. The van der Waals surface area contributed by atoms with Crippen molar-refractivity contribution in [2.24, 2.45) is 0 Å². The summed E-state index contributed by atoms with van der Waals surface area (Å²) < 4.78 is 19.6. The highest BCUT2D eigenvalue weighted by molar-refractivity contribution is 8.01. The Labute approximate surface area is 176 Å². The van der Waals surface area contributed by atoms with Crippen molar-refractivity contribution in [1.82, 2.24) is 15.0 Å². The Morgan fingerprint density at radius 2 is 1.97 bits per heavy atom. The molecule has 5 nitrogen and oxygen atoms in total. The molecule has 3 heterocycles. The van der Waals surface area contributed by atoms with Crippen LogP contribution in [0.25, 0.3) is 32.9 Å². The standard InChI is InChI=1S/C21H19FN4OS2/c1-27-10-3-11-28-21-17(23)16-18(13-5-7-15(22)8-6-13)25-19(26-20(16)29-21)14-4-2-9-24-12-14/h2,4-9,12H,3,10-11,23H2,1H3. The second-order valence-corrected chi connectivity index (χ2v) is 8.69. The Morgan fingerprint density at radius 3 is 2.69 bits per heavy atom. The number of fused-ring (bicyclic) bond motifs is 1. The number of pyridine rings is 1. The molecule has 0 unspecified atom stereocenters. The maximum absolute atomic E-state index is 13.5. The van der Waals surface area contributed by atoms with Gasteiger partial charge in [0, 0.05) is 43.0 Å². The Bertz CT molecular complexity index is 1120. The number of hydrogen-bond acceptors (Lipinski definition) is 7. The lowest BCUT2D eigenvalue weighted by Crippen LogP contribution is -1.96. The fourth-order valence-corrected chi connectivity index (χ4v) is 5.17. The topological polar surface area (TPSA) is 73.9 Å². The second-order valence-electron chi connectivity index (χ2n) is 6.32. The molecule has 0 fully saturated rings. The summed E-state index contributed by atoms with van der Waals surface area (Å²) in [5.41, 5.74) is 9.49. The van der Waals surface area contributed by atoms with Crippen molar-refractivity contribution in [2.75, 3.05) is 25.2 Å². The van der Waals surface area contributed by atoms with Gasteiger partial charge in [-0.15, -0.1) is 23.1 Å². The van der Waals surface area contributed by atoms with E-state index in [0.717, 1.165) is 37.7 Å². The highest BCUT2D eigenvalue weighted by Crippen LogP contribution is 2.44. The number of rotatable bonds is 7. The van der Waals surface area contributed by atoms with E-state index in [9.17, 15) is 4.39 Å². The number of nitrogen functional groups attached to an aromatic ring is 1. The summed E-state index contributed by atoms with van der Waals surface area (Å²) in [6, 6.07) is 10.0. The first kappa shape index (κ1) is 19.8. The minimum Gasteiger partial charge on any atom is -0.397 e. The molecule has 0 bridgehead atoms. The SMILES string of the molecule is COCCCSc1sc2nc(-c3cccnc3)nc(-c3ccc(F)cc3)c2c1N. The smallest absolute Gasteiger partial charge is 0.162 e. The maximum Gasteiger partial charge on any atom is 0.162 e. The maximum atomic E-state index is 13.5. The molecule has 29 heavy (non-hydrogen) atoms. The lowest BCUT2D eigenvalue weighted by molar-refractivity contribution is 0.200. The van der Waals surface area contributed by atoms with E-state index in [2.05, 4.69) is 4.98 Å². The lowest BCUT2D eigenvalue weighted by Gasteiger charge is -2.07. The number of hydrogen-bond donors (Lipinski definition) is 1. The first-order valence-electron chi connectivity index (χ1n) is 9.05. The molecular formula is C21H19FN4OS2. The monoisotopic (exact) mass is 426 g/mol. The minimum atomic E-state index is -0.292. The summed E-state index contributed by atoms with van der Waals surface area (Å²) in [5.74, 6) is 1.18. The zero-order chi connectivity index (χ0) is 20.2. The van der Waals surface area contributed by atoms with Crippen LogP contribution < -0.4 is 5.73 Å². The summed E-state index contributed by atoms with van der Waals surface area (Å²) in [6.45, 7) is 0.712. The van der Waals surface area contributed by atoms with Crippen molar-refractivity contribution in [3.05, 3.63) is 54.6 Å². The molecule has 148 valence electrons. The third kappa shape index (κ3) is 4.24. The molecule has 0 aliphatic carbocycles. The molecule has 0 saturated carbocycles. The molecule has 0 aliphatic rings. The largest absolute Gasteiger partial charge is 0.397 e. The number of methoxy groups -OCH3 is 1. The molecule has 4 rings (SSSR count). The average molecular weight is 427 g/mol. The van der Waals surface area contributed by atoms with Crippen LogP contribution in [0.2, 0.25) is 0 Å². The fourth-order valence-electron chi connectivity index (χ4n) is 2.92. The highest BCUT2D eigenvalue weighted by atomic mass is 32.2. The van der Waals surface area contributed by atoms with Crippen molar-refractivity contribution in [2.45, 2.75) is 10.6 Å². The quantitative estimate of drug-likeness (QED) is 0.321. The van der Waals surface area contributed by atoms with Gasteiger partial charge in [0.1, 0.15) is 10.6 Å². The van der Waals surface area contributed by atoms with E-state index in [0.29, 0.717) is 23.8 Å². The van der Waals surface area contributed by atoms with Crippen LogP contribution >= 0.6 is 23.1 Å². The normalized spacial score (nSPS) is 11.2. The van der Waals surface area contributed by atoms with Crippen LogP contribution in [0, 0.1) is 5.82 Å². The minimum absolute atomic E-state index is 0.292. The number of benzene rings is 1. The molecule has 0 radical (unpaired) electrons. The number of nitrogens with two attached hydrogens (primary N) is 1. The van der Waals surface area contributed by atoms with Gasteiger partial charge in [0.15, 0.2) is 5.82 Å². The highest BCUT2D eigenvalue weighted by Gasteiger charge is 2.19. The molecule has 0 spiro atoms. The summed E-state index contributed by atoms with van der Waals surface area (Å²) in [7, 11) is 1.70. The summed E-state index contributed by atoms with van der Waals surface area (Å²) in [5, 5.41) is 0.809. The average Bonchev–Trinajstić information content (AvgIpc) is 3.07. The van der Waals surface area contributed by atoms with Crippen LogP contribution in [0.15, 0.2) is 53.0 Å². The molecule has 4 aromatic rings. The van der Waals surface area contributed by atoms with E-state index < -0.39 is 0 Å². The Morgan fingerprint density at radius 1 is 1.14 bits per heavy atom. The summed E-state index contributed by atoms with van der Waals surface area (Å²) in [6.07, 6.45) is 4.38. The third-order valence-electron chi connectivity index (χ3n) is 4.32. The van der Waals surface area contributed by atoms with Crippen LogP contribution in [0.1, 0.15) is 6.42 Å². The van der Waals surface area contributed by atoms with Gasteiger partial charge in [-0.05, 0) is 42.8 Å². The van der Waals surface area contributed by atoms with E-state index in [-0.39, 0.29) is 5.82 Å². The van der Waals surface area contributed by atoms with Gasteiger partial charge in [0.2, 0.25) is 0 Å². The number of halogens is 1. The lowest BCUT2D eigenvalue weighted by atomic mass is 10.1. The number of thiophene rings is 1. The van der Waals surface area contributed by atoms with Crippen LogP contribution in [0.4, 0.5) is 10.1 Å². The van der Waals surface area contributed by atoms with Gasteiger partial charge in [0.25, 0.3) is 0 Å². The van der Waals surface area contributed by atoms with Crippen LogP contribution in [0.5, 0.6) is 0 Å². The van der Waals surface area contributed by atoms with E-state index in [4.69, 9.17) is 20.4 Å². The first-order valence-corrected chi connectivity index (χ1v) is 10.9. The van der Waals surface area contributed by atoms with Gasteiger partial charge in [-0.1, -0.05) is 0 Å². The Kier molecular flexibility index (Phi) is 6.03. The van der Waals surface area contributed by atoms with Gasteiger partial charge in [-0.3, -0.25) is 4.98 Å². The Balaban J connectivity index is 1.85. The van der Waals surface area contributed by atoms with Crippen molar-refractivity contribution in [1.29, 1.82) is 0 Å². The molecule has 0 saturated heterocycles. The van der Waals surface area contributed by atoms with Gasteiger partial charge < -0.3 is 10.5 Å². The number of anilines is 1. The molecule has 2 N–H and O–H groups in total. The summed E-state index contributed by atoms with van der Waals surface area (Å²) >= 11 is 3.25. The molecule has 0 atom stereocenters. The first-order chi connectivity index (χ1) is 14.2. The fraction of sp³-hybridized carbons (Fsp3) is 0.190. The van der Waals surface area contributed by atoms with Gasteiger partial charge in [-0.2, -0.15) is 0 Å². The molecule has 1 aromatic carbocycles. The predicted molar refractivity (Wildman–Crippen MR) is 118 cm³/mol. The van der Waals surface area contributed by atoms with Crippen molar-refractivity contribution in [3.63, 3.8) is 0 Å². The molecule has 0 amide bonds.